The molecule has 0 aromatic heterocycles. The van der Waals surface area contributed by atoms with Gasteiger partial charge in [-0.05, 0) is 43.3 Å². The summed E-state index contributed by atoms with van der Waals surface area (Å²) in [6.45, 7) is 1.99. The normalized spacial score (nSPS) is 10.8. The Balaban J connectivity index is 1.74. The zero-order chi connectivity index (χ0) is 20.8. The molecule has 1 amide bonds. The van der Waals surface area contributed by atoms with E-state index in [9.17, 15) is 14.9 Å². The van der Waals surface area contributed by atoms with E-state index in [2.05, 4.69) is 26.5 Å². The minimum atomic E-state index is -0.423. The van der Waals surface area contributed by atoms with Gasteiger partial charge < -0.3 is 0 Å². The number of benzene rings is 3. The monoisotopic (exact) mass is 469 g/mol. The van der Waals surface area contributed by atoms with Crippen molar-refractivity contribution in [1.82, 2.24) is 5.43 Å². The molecule has 0 saturated carbocycles. The van der Waals surface area contributed by atoms with E-state index in [-0.39, 0.29) is 11.6 Å². The number of hydrogen-bond donors (Lipinski definition) is 1. The van der Waals surface area contributed by atoms with Crippen molar-refractivity contribution in [2.45, 2.75) is 16.7 Å². The van der Waals surface area contributed by atoms with E-state index in [1.165, 1.54) is 24.0 Å². The second-order valence-electron chi connectivity index (χ2n) is 6.11. The molecule has 0 bridgehead atoms. The van der Waals surface area contributed by atoms with Crippen molar-refractivity contribution >= 4 is 45.5 Å². The Morgan fingerprint density at radius 2 is 1.90 bits per heavy atom. The smallest absolute Gasteiger partial charge is 0.267 e. The molecule has 0 unspecified atom stereocenters. The minimum Gasteiger partial charge on any atom is -0.267 e. The lowest BCUT2D eigenvalue weighted by molar-refractivity contribution is -0.387. The number of nitrogens with zero attached hydrogens (tertiary/aromatic N) is 2. The Labute approximate surface area is 180 Å². The van der Waals surface area contributed by atoms with Crippen LogP contribution in [0, 0.1) is 17.0 Å². The standard InChI is InChI=1S/C21H16BrN3O3S/c1-14-5-8-18(9-6-14)29-20-10-7-15(11-19(20)25(27)28)13-23-24-21(26)16-3-2-4-17(22)12-16/h2-13H,1H3,(H,24,26)/b23-13+. The predicted octanol–water partition coefficient (Wildman–Crippen LogP) is 5.58. The van der Waals surface area contributed by atoms with Gasteiger partial charge in [0.1, 0.15) is 0 Å². The van der Waals surface area contributed by atoms with Crippen molar-refractivity contribution in [3.63, 3.8) is 0 Å². The molecule has 0 spiro atoms. The van der Waals surface area contributed by atoms with E-state index in [0.29, 0.717) is 16.0 Å². The van der Waals surface area contributed by atoms with Crippen LogP contribution in [0.25, 0.3) is 0 Å². The maximum Gasteiger partial charge on any atom is 0.283 e. The van der Waals surface area contributed by atoms with Gasteiger partial charge in [-0.25, -0.2) is 5.43 Å². The van der Waals surface area contributed by atoms with Gasteiger partial charge >= 0.3 is 0 Å². The van der Waals surface area contributed by atoms with Crippen LogP contribution in [0.1, 0.15) is 21.5 Å². The zero-order valence-electron chi connectivity index (χ0n) is 15.3. The molecule has 3 rings (SSSR count). The van der Waals surface area contributed by atoms with Crippen LogP contribution in [0.5, 0.6) is 0 Å². The number of carbonyl (C=O) groups excluding carboxylic acids is 1. The van der Waals surface area contributed by atoms with Crippen molar-refractivity contribution in [2.24, 2.45) is 5.10 Å². The second-order valence-corrected chi connectivity index (χ2v) is 8.14. The van der Waals surface area contributed by atoms with Crippen LogP contribution in [0.2, 0.25) is 0 Å². The van der Waals surface area contributed by atoms with Crippen molar-refractivity contribution in [1.29, 1.82) is 0 Å². The van der Waals surface area contributed by atoms with Crippen LogP contribution in [0.3, 0.4) is 0 Å². The fourth-order valence-corrected chi connectivity index (χ4v) is 3.74. The number of rotatable bonds is 6. The Bertz CT molecular complexity index is 1080. The van der Waals surface area contributed by atoms with E-state index in [1.54, 1.807) is 30.3 Å². The summed E-state index contributed by atoms with van der Waals surface area (Å²) < 4.78 is 0.784. The van der Waals surface area contributed by atoms with Gasteiger partial charge in [0.25, 0.3) is 11.6 Å². The van der Waals surface area contributed by atoms with Crippen molar-refractivity contribution in [3.8, 4) is 0 Å². The highest BCUT2D eigenvalue weighted by atomic mass is 79.9. The minimum absolute atomic E-state index is 0.0159. The third-order valence-electron chi connectivity index (χ3n) is 3.90. The maximum atomic E-state index is 12.1. The average Bonchev–Trinajstić information content (AvgIpc) is 2.70. The summed E-state index contributed by atoms with van der Waals surface area (Å²) >= 11 is 4.63. The Hall–Kier alpha value is -2.97. The fraction of sp³-hybridized carbons (Fsp3) is 0.0476. The summed E-state index contributed by atoms with van der Waals surface area (Å²) in [4.78, 5) is 24.6. The molecule has 29 heavy (non-hydrogen) atoms. The van der Waals surface area contributed by atoms with Gasteiger partial charge in [-0.15, -0.1) is 0 Å². The fourth-order valence-electron chi connectivity index (χ4n) is 2.44. The third-order valence-corrected chi connectivity index (χ3v) is 5.46. The molecule has 6 nitrogen and oxygen atoms in total. The first kappa shape index (κ1) is 20.8. The van der Waals surface area contributed by atoms with E-state index in [4.69, 9.17) is 0 Å². The highest BCUT2D eigenvalue weighted by Crippen LogP contribution is 2.35. The molecule has 3 aromatic carbocycles. The molecular weight excluding hydrogens is 454 g/mol. The second kappa shape index (κ2) is 9.49. The van der Waals surface area contributed by atoms with E-state index in [1.807, 2.05) is 37.3 Å². The summed E-state index contributed by atoms with van der Waals surface area (Å²) in [5, 5.41) is 15.4. The number of hydrazone groups is 1. The first-order valence-electron chi connectivity index (χ1n) is 8.54. The van der Waals surface area contributed by atoms with Crippen LogP contribution < -0.4 is 5.43 Å². The number of amides is 1. The van der Waals surface area contributed by atoms with Gasteiger partial charge in [0, 0.05) is 26.6 Å². The van der Waals surface area contributed by atoms with Gasteiger partial charge in [0.2, 0.25) is 0 Å². The number of nitro benzene ring substituents is 1. The molecule has 1 N–H and O–H groups in total. The van der Waals surface area contributed by atoms with Crippen LogP contribution in [-0.4, -0.2) is 17.0 Å². The molecule has 0 aliphatic rings. The number of nitro groups is 1. The quantitative estimate of drug-likeness (QED) is 0.290. The number of carbonyl (C=O) groups is 1. The summed E-state index contributed by atoms with van der Waals surface area (Å²) in [6.07, 6.45) is 1.38. The molecule has 146 valence electrons. The highest BCUT2D eigenvalue weighted by molar-refractivity contribution is 9.10. The van der Waals surface area contributed by atoms with E-state index < -0.39 is 4.92 Å². The summed E-state index contributed by atoms with van der Waals surface area (Å²) in [6, 6.07) is 19.5. The van der Waals surface area contributed by atoms with Crippen molar-refractivity contribution < 1.29 is 9.72 Å². The largest absolute Gasteiger partial charge is 0.283 e. The van der Waals surface area contributed by atoms with E-state index in [0.717, 1.165) is 14.9 Å². The average molecular weight is 470 g/mol. The third kappa shape index (κ3) is 5.75. The molecule has 0 saturated heterocycles. The lowest BCUT2D eigenvalue weighted by Crippen LogP contribution is -2.17. The summed E-state index contributed by atoms with van der Waals surface area (Å²) in [7, 11) is 0. The van der Waals surface area contributed by atoms with E-state index >= 15 is 0 Å². The highest BCUT2D eigenvalue weighted by Gasteiger charge is 2.15. The van der Waals surface area contributed by atoms with Crippen LogP contribution >= 0.6 is 27.7 Å². The molecule has 0 radical (unpaired) electrons. The Morgan fingerprint density at radius 1 is 1.14 bits per heavy atom. The summed E-state index contributed by atoms with van der Waals surface area (Å²) in [5.41, 5.74) is 4.49. The van der Waals surface area contributed by atoms with Crippen molar-refractivity contribution in [2.75, 3.05) is 0 Å². The molecule has 0 aliphatic carbocycles. The topological polar surface area (TPSA) is 84.6 Å². The number of nitrogens with one attached hydrogen (secondary N) is 1. The number of halogens is 1. The van der Waals surface area contributed by atoms with Crippen molar-refractivity contribution in [3.05, 3.63) is 98.0 Å². The molecule has 0 heterocycles. The predicted molar refractivity (Wildman–Crippen MR) is 118 cm³/mol. The number of hydrogen-bond acceptors (Lipinski definition) is 5. The van der Waals surface area contributed by atoms with Gasteiger partial charge in [0.15, 0.2) is 0 Å². The van der Waals surface area contributed by atoms with Gasteiger partial charge in [-0.3, -0.25) is 14.9 Å². The molecule has 0 fully saturated rings. The molecule has 0 atom stereocenters. The zero-order valence-corrected chi connectivity index (χ0v) is 17.7. The summed E-state index contributed by atoms with van der Waals surface area (Å²) in [5.74, 6) is -0.372. The Morgan fingerprint density at radius 3 is 2.59 bits per heavy atom. The van der Waals surface area contributed by atoms with Crippen LogP contribution in [0.15, 0.2) is 86.1 Å². The van der Waals surface area contributed by atoms with Gasteiger partial charge in [-0.2, -0.15) is 5.10 Å². The molecule has 0 aliphatic heterocycles. The lowest BCUT2D eigenvalue weighted by Gasteiger charge is -2.05. The lowest BCUT2D eigenvalue weighted by atomic mass is 10.2. The van der Waals surface area contributed by atoms with Crippen LogP contribution in [0.4, 0.5) is 5.69 Å². The SMILES string of the molecule is Cc1ccc(Sc2ccc(/C=N/NC(=O)c3cccc(Br)c3)cc2[N+](=O)[O-])cc1. The first-order valence-corrected chi connectivity index (χ1v) is 10.2. The maximum absolute atomic E-state index is 12.1. The molecular formula is C21H16BrN3O3S. The van der Waals surface area contributed by atoms with Crippen LogP contribution in [-0.2, 0) is 0 Å². The van der Waals surface area contributed by atoms with Gasteiger partial charge in [0.05, 0.1) is 16.0 Å². The first-order chi connectivity index (χ1) is 13.9. The molecule has 8 heteroatoms. The Kier molecular flexibility index (Phi) is 6.79. The van der Waals surface area contributed by atoms with Gasteiger partial charge in [-0.1, -0.05) is 57.5 Å². The molecule has 3 aromatic rings. The number of aryl methyl sites for hydroxylation is 1.